The van der Waals surface area contributed by atoms with Gasteiger partial charge in [0, 0.05) is 24.4 Å². The maximum absolute atomic E-state index is 5.55. The van der Waals surface area contributed by atoms with Gasteiger partial charge in [-0.15, -0.1) is 0 Å². The van der Waals surface area contributed by atoms with Gasteiger partial charge in [-0.1, -0.05) is 62.2 Å². The first-order valence-corrected chi connectivity index (χ1v) is 9.23. The molecule has 1 rings (SSSR count). The average molecular weight is 408 g/mol. The van der Waals surface area contributed by atoms with Crippen LogP contribution in [0.15, 0.2) is 30.3 Å². The Morgan fingerprint density at radius 2 is 1.70 bits per heavy atom. The molecule has 2 nitrogen and oxygen atoms in total. The molecule has 0 heterocycles. The summed E-state index contributed by atoms with van der Waals surface area (Å²) in [6.45, 7) is 2.16. The van der Waals surface area contributed by atoms with E-state index in [0.717, 1.165) is 36.5 Å². The van der Waals surface area contributed by atoms with Gasteiger partial charge in [0.2, 0.25) is 0 Å². The summed E-state index contributed by atoms with van der Waals surface area (Å²) in [6.07, 6.45) is 3.31. The maximum Gasteiger partial charge on any atom is 0.0700 e. The zero-order chi connectivity index (χ0) is 14.7. The molecule has 4 heteroatoms. The Balaban J connectivity index is 2.41. The predicted molar refractivity (Wildman–Crippen MR) is 92.1 cm³/mol. The third-order valence-corrected chi connectivity index (χ3v) is 5.80. The van der Waals surface area contributed by atoms with Gasteiger partial charge in [-0.3, -0.25) is 0 Å². The molecule has 1 aromatic rings. The first-order valence-electron chi connectivity index (χ1n) is 6.99. The molecule has 0 saturated carbocycles. The van der Waals surface area contributed by atoms with Gasteiger partial charge in [0.05, 0.1) is 13.2 Å². The molecule has 0 amide bonds. The number of benzene rings is 1. The van der Waals surface area contributed by atoms with Gasteiger partial charge < -0.3 is 9.47 Å². The fourth-order valence-electron chi connectivity index (χ4n) is 2.17. The van der Waals surface area contributed by atoms with E-state index < -0.39 is 0 Å². The second-order valence-corrected chi connectivity index (χ2v) is 6.26. The minimum Gasteiger partial charge on any atom is -0.382 e. The zero-order valence-corrected chi connectivity index (χ0v) is 15.3. The van der Waals surface area contributed by atoms with Crippen LogP contribution in [0.1, 0.15) is 18.4 Å². The number of hydrogen-bond acceptors (Lipinski definition) is 2. The van der Waals surface area contributed by atoms with Crippen molar-refractivity contribution >= 4 is 31.9 Å². The summed E-state index contributed by atoms with van der Waals surface area (Å²) >= 11 is 7.39. The molecule has 0 aliphatic rings. The van der Waals surface area contributed by atoms with Gasteiger partial charge in [-0.25, -0.2) is 0 Å². The van der Waals surface area contributed by atoms with E-state index in [1.54, 1.807) is 7.11 Å². The molecular weight excluding hydrogens is 384 g/mol. The lowest BCUT2D eigenvalue weighted by atomic mass is 9.81. The van der Waals surface area contributed by atoms with Crippen molar-refractivity contribution in [1.82, 2.24) is 0 Å². The second kappa shape index (κ2) is 10.8. The molecule has 0 radical (unpaired) electrons. The smallest absolute Gasteiger partial charge is 0.0700 e. The fraction of sp³-hybridized carbons (Fsp3) is 0.625. The van der Waals surface area contributed by atoms with Crippen molar-refractivity contribution in [3.05, 3.63) is 35.9 Å². The molecular formula is C16H24Br2O2. The quantitative estimate of drug-likeness (QED) is 0.398. The minimum atomic E-state index is 0.256. The van der Waals surface area contributed by atoms with E-state index in [9.17, 15) is 0 Å². The summed E-state index contributed by atoms with van der Waals surface area (Å²) in [5.41, 5.74) is 1.65. The molecule has 0 fully saturated rings. The molecule has 0 aromatic heterocycles. The standard InChI is InChI=1S/C16H24Br2O2/c1-19-10-11-20-9-5-8-16(13-17,14-18)12-15-6-3-2-4-7-15/h2-4,6-7H,5,8-14H2,1H3. The Labute approximate surface area is 139 Å². The summed E-state index contributed by atoms with van der Waals surface area (Å²) in [5.74, 6) is 0. The van der Waals surface area contributed by atoms with Crippen LogP contribution in [0.2, 0.25) is 0 Å². The summed E-state index contributed by atoms with van der Waals surface area (Å²) < 4.78 is 10.5. The van der Waals surface area contributed by atoms with Crippen molar-refractivity contribution in [2.45, 2.75) is 19.3 Å². The zero-order valence-electron chi connectivity index (χ0n) is 12.1. The number of halogens is 2. The van der Waals surface area contributed by atoms with Crippen LogP contribution in [0.5, 0.6) is 0 Å². The van der Waals surface area contributed by atoms with Crippen LogP contribution < -0.4 is 0 Å². The van der Waals surface area contributed by atoms with Crippen LogP contribution in [0.3, 0.4) is 0 Å². The van der Waals surface area contributed by atoms with Crippen LogP contribution in [0.25, 0.3) is 0 Å². The van der Waals surface area contributed by atoms with E-state index in [1.165, 1.54) is 5.56 Å². The van der Waals surface area contributed by atoms with Crippen molar-refractivity contribution in [3.63, 3.8) is 0 Å². The van der Waals surface area contributed by atoms with E-state index in [-0.39, 0.29) is 5.41 Å². The van der Waals surface area contributed by atoms with Crippen LogP contribution in [-0.2, 0) is 15.9 Å². The number of hydrogen-bond donors (Lipinski definition) is 0. The summed E-state index contributed by atoms with van der Waals surface area (Å²) in [5, 5.41) is 2.00. The molecule has 0 bridgehead atoms. The van der Waals surface area contributed by atoms with Crippen LogP contribution in [0, 0.1) is 5.41 Å². The highest BCUT2D eigenvalue weighted by atomic mass is 79.9. The van der Waals surface area contributed by atoms with E-state index in [1.807, 2.05) is 0 Å². The Bertz CT molecular complexity index is 340. The third-order valence-electron chi connectivity index (χ3n) is 3.42. The monoisotopic (exact) mass is 406 g/mol. The molecule has 0 unspecified atom stereocenters. The lowest BCUT2D eigenvalue weighted by Crippen LogP contribution is -2.28. The molecule has 0 saturated heterocycles. The fourth-order valence-corrected chi connectivity index (χ4v) is 4.06. The minimum absolute atomic E-state index is 0.256. The first kappa shape index (κ1) is 18.1. The van der Waals surface area contributed by atoms with E-state index >= 15 is 0 Å². The van der Waals surface area contributed by atoms with Crippen molar-refractivity contribution in [2.24, 2.45) is 5.41 Å². The lowest BCUT2D eigenvalue weighted by Gasteiger charge is -2.30. The highest BCUT2D eigenvalue weighted by Gasteiger charge is 2.27. The van der Waals surface area contributed by atoms with Crippen molar-refractivity contribution < 1.29 is 9.47 Å². The number of alkyl halides is 2. The van der Waals surface area contributed by atoms with E-state index in [0.29, 0.717) is 13.2 Å². The molecule has 1 aromatic carbocycles. The van der Waals surface area contributed by atoms with E-state index in [2.05, 4.69) is 62.2 Å². The molecule has 20 heavy (non-hydrogen) atoms. The van der Waals surface area contributed by atoms with Crippen LogP contribution >= 0.6 is 31.9 Å². The molecule has 0 aliphatic heterocycles. The van der Waals surface area contributed by atoms with Gasteiger partial charge in [-0.05, 0) is 30.2 Å². The number of rotatable bonds is 11. The Morgan fingerprint density at radius 1 is 1.00 bits per heavy atom. The Hall–Kier alpha value is 0.1000. The maximum atomic E-state index is 5.55. The van der Waals surface area contributed by atoms with Gasteiger partial charge in [0.25, 0.3) is 0 Å². The van der Waals surface area contributed by atoms with Crippen molar-refractivity contribution in [2.75, 3.05) is 37.6 Å². The molecule has 0 spiro atoms. The number of methoxy groups -OCH3 is 1. The van der Waals surface area contributed by atoms with Gasteiger partial charge in [-0.2, -0.15) is 0 Å². The highest BCUT2D eigenvalue weighted by molar-refractivity contribution is 9.09. The molecule has 0 atom stereocenters. The van der Waals surface area contributed by atoms with E-state index in [4.69, 9.17) is 9.47 Å². The van der Waals surface area contributed by atoms with Gasteiger partial charge >= 0.3 is 0 Å². The third kappa shape index (κ3) is 6.70. The largest absolute Gasteiger partial charge is 0.382 e. The predicted octanol–water partition coefficient (Wildman–Crippen LogP) is 4.45. The van der Waals surface area contributed by atoms with Crippen LogP contribution in [0.4, 0.5) is 0 Å². The second-order valence-electron chi connectivity index (χ2n) is 5.14. The van der Waals surface area contributed by atoms with Crippen LogP contribution in [-0.4, -0.2) is 37.6 Å². The van der Waals surface area contributed by atoms with Gasteiger partial charge in [0.1, 0.15) is 0 Å². The normalized spacial score (nSPS) is 11.8. The Kier molecular flexibility index (Phi) is 9.78. The van der Waals surface area contributed by atoms with Crippen molar-refractivity contribution in [3.8, 4) is 0 Å². The highest BCUT2D eigenvalue weighted by Crippen LogP contribution is 2.33. The van der Waals surface area contributed by atoms with Crippen molar-refractivity contribution in [1.29, 1.82) is 0 Å². The Morgan fingerprint density at radius 3 is 2.30 bits per heavy atom. The molecule has 0 aliphatic carbocycles. The summed E-state index contributed by atoms with van der Waals surface area (Å²) in [7, 11) is 1.70. The number of ether oxygens (including phenoxy) is 2. The average Bonchev–Trinajstić information content (AvgIpc) is 2.50. The summed E-state index contributed by atoms with van der Waals surface area (Å²) in [4.78, 5) is 0. The van der Waals surface area contributed by atoms with Gasteiger partial charge in [0.15, 0.2) is 0 Å². The lowest BCUT2D eigenvalue weighted by molar-refractivity contribution is 0.0653. The SMILES string of the molecule is COCCOCCCC(CBr)(CBr)Cc1ccccc1. The molecule has 0 N–H and O–H groups in total. The molecule has 114 valence electrons. The summed E-state index contributed by atoms with van der Waals surface area (Å²) in [6, 6.07) is 10.7. The topological polar surface area (TPSA) is 18.5 Å². The first-order chi connectivity index (χ1) is 9.76.